The van der Waals surface area contributed by atoms with Crippen LogP contribution in [-0.4, -0.2) is 110 Å². The first kappa shape index (κ1) is 18.8. The summed E-state index contributed by atoms with van der Waals surface area (Å²) in [6.45, 7) is 6.84. The molecule has 0 aromatic rings. The van der Waals surface area contributed by atoms with Crippen LogP contribution in [0.2, 0.25) is 0 Å². The summed E-state index contributed by atoms with van der Waals surface area (Å²) >= 11 is 0. The lowest BCUT2D eigenvalue weighted by atomic mass is 10.0. The average molecular weight is 300 g/mol. The van der Waals surface area contributed by atoms with E-state index >= 15 is 0 Å². The van der Waals surface area contributed by atoms with Gasteiger partial charge in [-0.3, -0.25) is 14.7 Å². The maximum Gasteiger partial charge on any atom is 0.132 e. The molecule has 0 N–H and O–H groups in total. The molecule has 0 unspecified atom stereocenters. The van der Waals surface area contributed by atoms with Crippen LogP contribution in [0.4, 0.5) is 0 Å². The Labute approximate surface area is 131 Å². The average Bonchev–Trinajstić information content (AvgIpc) is 2.39. The molecule has 1 fully saturated rings. The van der Waals surface area contributed by atoms with E-state index in [-0.39, 0.29) is 17.4 Å². The molecule has 0 aromatic heterocycles. The minimum Gasteiger partial charge on any atom is -0.279 e. The quantitative estimate of drug-likeness (QED) is 0.751. The molecule has 0 saturated carbocycles. The Morgan fingerprint density at radius 3 is 0.714 bits per heavy atom. The summed E-state index contributed by atoms with van der Waals surface area (Å²) < 4.78 is 0. The third kappa shape index (κ3) is 2.16. The van der Waals surface area contributed by atoms with Crippen molar-refractivity contribution in [1.82, 2.24) is 29.4 Å². The van der Waals surface area contributed by atoms with Gasteiger partial charge in [0.15, 0.2) is 0 Å². The predicted molar refractivity (Wildman–Crippen MR) is 89.6 cm³/mol. The van der Waals surface area contributed by atoms with Crippen molar-refractivity contribution in [3.05, 3.63) is 0 Å². The molecule has 0 spiro atoms. The SMILES string of the molecule is CN(C)C1(C)N(C)C(C)(N(C)C)N(C)C(C)(N(C)C)N1C. The summed E-state index contributed by atoms with van der Waals surface area (Å²) in [6.07, 6.45) is 0. The Kier molecular flexibility index (Phi) is 4.87. The van der Waals surface area contributed by atoms with Crippen LogP contribution in [0.1, 0.15) is 20.8 Å². The van der Waals surface area contributed by atoms with E-state index in [9.17, 15) is 0 Å². The van der Waals surface area contributed by atoms with Crippen molar-refractivity contribution in [2.75, 3.05) is 63.4 Å². The molecule has 0 aromatic carbocycles. The molecule has 0 atom stereocenters. The van der Waals surface area contributed by atoms with Gasteiger partial charge in [0, 0.05) is 0 Å². The van der Waals surface area contributed by atoms with Gasteiger partial charge < -0.3 is 0 Å². The van der Waals surface area contributed by atoms with Gasteiger partial charge in [0.05, 0.1) is 0 Å². The molecule has 1 aliphatic heterocycles. The van der Waals surface area contributed by atoms with Gasteiger partial charge in [0.2, 0.25) is 0 Å². The summed E-state index contributed by atoms with van der Waals surface area (Å²) in [5.41, 5.74) is 0. The zero-order valence-electron chi connectivity index (χ0n) is 16.2. The van der Waals surface area contributed by atoms with Crippen LogP contribution in [0.25, 0.3) is 0 Å². The van der Waals surface area contributed by atoms with E-state index in [1.165, 1.54) is 0 Å². The summed E-state index contributed by atoms with van der Waals surface area (Å²) in [6, 6.07) is 0. The largest absolute Gasteiger partial charge is 0.279 e. The van der Waals surface area contributed by atoms with Crippen molar-refractivity contribution in [3.63, 3.8) is 0 Å². The van der Waals surface area contributed by atoms with Crippen LogP contribution in [0.3, 0.4) is 0 Å². The molecule has 1 aliphatic rings. The normalized spacial score (nSPS) is 40.7. The summed E-state index contributed by atoms with van der Waals surface area (Å²) in [5, 5.41) is 0. The van der Waals surface area contributed by atoms with Gasteiger partial charge in [-0.2, -0.15) is 0 Å². The highest BCUT2D eigenvalue weighted by atomic mass is 15.8. The minimum atomic E-state index is -0.218. The zero-order chi connectivity index (χ0) is 17.0. The first-order valence-electron chi connectivity index (χ1n) is 7.54. The molecule has 0 aliphatic carbocycles. The van der Waals surface area contributed by atoms with E-state index in [1.54, 1.807) is 0 Å². The molecule has 6 nitrogen and oxygen atoms in total. The Balaban J connectivity index is 3.61. The van der Waals surface area contributed by atoms with E-state index in [2.05, 4.69) is 114 Å². The highest BCUT2D eigenvalue weighted by molar-refractivity contribution is 5.03. The first-order valence-corrected chi connectivity index (χ1v) is 7.54. The molecule has 21 heavy (non-hydrogen) atoms. The van der Waals surface area contributed by atoms with Gasteiger partial charge in [-0.1, -0.05) is 0 Å². The van der Waals surface area contributed by atoms with Crippen LogP contribution >= 0.6 is 0 Å². The van der Waals surface area contributed by atoms with Crippen LogP contribution in [-0.2, 0) is 0 Å². The monoisotopic (exact) mass is 300 g/mol. The lowest BCUT2D eigenvalue weighted by Crippen LogP contribution is -2.89. The summed E-state index contributed by atoms with van der Waals surface area (Å²) in [5.74, 6) is -0.653. The maximum atomic E-state index is 2.42. The van der Waals surface area contributed by atoms with Gasteiger partial charge in [0.25, 0.3) is 0 Å². The molecule has 126 valence electrons. The molecule has 0 radical (unpaired) electrons. The van der Waals surface area contributed by atoms with E-state index in [0.29, 0.717) is 0 Å². The predicted octanol–water partition coefficient (Wildman–Crippen LogP) is 0.501. The number of rotatable bonds is 3. The second-order valence-corrected chi connectivity index (χ2v) is 7.27. The molecule has 0 amide bonds. The Hall–Kier alpha value is -0.240. The van der Waals surface area contributed by atoms with Gasteiger partial charge in [-0.15, -0.1) is 0 Å². The second kappa shape index (κ2) is 5.44. The van der Waals surface area contributed by atoms with E-state index in [4.69, 9.17) is 0 Å². The van der Waals surface area contributed by atoms with Crippen molar-refractivity contribution in [2.45, 2.75) is 38.1 Å². The van der Waals surface area contributed by atoms with Gasteiger partial charge in [-0.05, 0) is 84.2 Å². The van der Waals surface area contributed by atoms with Gasteiger partial charge in [-0.25, -0.2) is 14.7 Å². The molecule has 1 heterocycles. The molecule has 1 saturated heterocycles. The molecular weight excluding hydrogens is 264 g/mol. The first-order chi connectivity index (χ1) is 9.29. The lowest BCUT2D eigenvalue weighted by Gasteiger charge is -2.72. The van der Waals surface area contributed by atoms with E-state index in [1.807, 2.05) is 0 Å². The maximum absolute atomic E-state index is 2.42. The van der Waals surface area contributed by atoms with E-state index < -0.39 is 0 Å². The van der Waals surface area contributed by atoms with Crippen LogP contribution in [0.15, 0.2) is 0 Å². The van der Waals surface area contributed by atoms with Crippen molar-refractivity contribution in [2.24, 2.45) is 0 Å². The summed E-state index contributed by atoms with van der Waals surface area (Å²) in [7, 11) is 19.5. The fourth-order valence-corrected chi connectivity index (χ4v) is 3.68. The van der Waals surface area contributed by atoms with Crippen molar-refractivity contribution in [3.8, 4) is 0 Å². The number of hydrogen-bond acceptors (Lipinski definition) is 6. The second-order valence-electron chi connectivity index (χ2n) is 7.27. The van der Waals surface area contributed by atoms with Gasteiger partial charge >= 0.3 is 0 Å². The van der Waals surface area contributed by atoms with Gasteiger partial charge in [0.1, 0.15) is 17.4 Å². The van der Waals surface area contributed by atoms with Crippen LogP contribution < -0.4 is 0 Å². The molecule has 6 heteroatoms. The molecular formula is C15H36N6. The lowest BCUT2D eigenvalue weighted by molar-refractivity contribution is -0.369. The fourth-order valence-electron chi connectivity index (χ4n) is 3.68. The Morgan fingerprint density at radius 2 is 0.619 bits per heavy atom. The Bertz CT molecular complexity index is 309. The van der Waals surface area contributed by atoms with Crippen molar-refractivity contribution in [1.29, 1.82) is 0 Å². The summed E-state index contributed by atoms with van der Waals surface area (Å²) in [4.78, 5) is 14.1. The van der Waals surface area contributed by atoms with Crippen LogP contribution in [0.5, 0.6) is 0 Å². The standard InChI is InChI=1S/C15H36N6/c1-13(16(4)5)19(10)14(2,17(6)7)21(12)15(3,18(8)9)20(13)11/h1-12H3. The fraction of sp³-hybridized carbons (Fsp3) is 1.00. The Morgan fingerprint density at radius 1 is 0.476 bits per heavy atom. The molecule has 0 bridgehead atoms. The van der Waals surface area contributed by atoms with Crippen LogP contribution in [0, 0.1) is 0 Å². The molecule has 1 rings (SSSR count). The highest BCUT2D eigenvalue weighted by Crippen LogP contribution is 2.44. The van der Waals surface area contributed by atoms with Crippen molar-refractivity contribution >= 4 is 0 Å². The topological polar surface area (TPSA) is 19.4 Å². The number of nitrogens with zero attached hydrogens (tertiary/aromatic N) is 6. The van der Waals surface area contributed by atoms with E-state index in [0.717, 1.165) is 0 Å². The highest BCUT2D eigenvalue weighted by Gasteiger charge is 2.62. The number of hydrogen-bond donors (Lipinski definition) is 0. The third-order valence-electron chi connectivity index (χ3n) is 6.35. The van der Waals surface area contributed by atoms with Crippen molar-refractivity contribution < 1.29 is 0 Å². The minimum absolute atomic E-state index is 0.218. The third-order valence-corrected chi connectivity index (χ3v) is 6.35. The zero-order valence-corrected chi connectivity index (χ0v) is 16.2. The smallest absolute Gasteiger partial charge is 0.132 e.